The highest BCUT2D eigenvalue weighted by atomic mass is 16.2. The zero-order valence-electron chi connectivity index (χ0n) is 12.0. The number of hydrogen-bond acceptors (Lipinski definition) is 2. The first-order valence-corrected chi connectivity index (χ1v) is 7.02. The molecule has 0 bridgehead atoms. The maximum Gasteiger partial charge on any atom is 0.240 e. The molecule has 0 aromatic heterocycles. The fraction of sp³-hybridized carbons (Fsp3) is 0.929. The summed E-state index contributed by atoms with van der Waals surface area (Å²) in [5, 5.41) is 3.39. The van der Waals surface area contributed by atoms with Gasteiger partial charge in [0, 0.05) is 18.1 Å². The van der Waals surface area contributed by atoms with Crippen LogP contribution in [0.2, 0.25) is 0 Å². The molecular formula is C14H28N2O. The van der Waals surface area contributed by atoms with Gasteiger partial charge < -0.3 is 10.2 Å². The van der Waals surface area contributed by atoms with E-state index < -0.39 is 0 Å². The molecule has 0 saturated carbocycles. The van der Waals surface area contributed by atoms with E-state index in [0.717, 1.165) is 32.2 Å². The molecule has 0 aromatic carbocycles. The Bertz CT molecular complexity index is 259. The van der Waals surface area contributed by atoms with E-state index in [-0.39, 0.29) is 11.6 Å². The molecule has 3 heteroatoms. The van der Waals surface area contributed by atoms with Crippen molar-refractivity contribution in [2.24, 2.45) is 0 Å². The van der Waals surface area contributed by atoms with Gasteiger partial charge in [-0.3, -0.25) is 4.79 Å². The van der Waals surface area contributed by atoms with Gasteiger partial charge in [-0.15, -0.1) is 0 Å². The van der Waals surface area contributed by atoms with Crippen molar-refractivity contribution in [3.8, 4) is 0 Å². The van der Waals surface area contributed by atoms with Gasteiger partial charge in [0.25, 0.3) is 0 Å². The van der Waals surface area contributed by atoms with Crippen molar-refractivity contribution in [2.75, 3.05) is 6.54 Å². The van der Waals surface area contributed by atoms with E-state index in [0.29, 0.717) is 11.9 Å². The average molecular weight is 240 g/mol. The number of hydrogen-bond donors (Lipinski definition) is 1. The van der Waals surface area contributed by atoms with E-state index >= 15 is 0 Å². The molecule has 1 saturated heterocycles. The number of piperidine rings is 1. The fourth-order valence-electron chi connectivity index (χ4n) is 2.60. The Hall–Kier alpha value is -0.570. The minimum Gasteiger partial charge on any atom is -0.336 e. The predicted octanol–water partition coefficient (Wildman–Crippen LogP) is 2.55. The molecule has 100 valence electrons. The third kappa shape index (κ3) is 3.21. The van der Waals surface area contributed by atoms with Crippen molar-refractivity contribution in [1.82, 2.24) is 10.2 Å². The van der Waals surface area contributed by atoms with Crippen molar-refractivity contribution in [2.45, 2.75) is 77.9 Å². The van der Waals surface area contributed by atoms with Crippen LogP contribution >= 0.6 is 0 Å². The van der Waals surface area contributed by atoms with Gasteiger partial charge in [0.1, 0.15) is 0 Å². The summed E-state index contributed by atoms with van der Waals surface area (Å²) in [6, 6.07) is 0.402. The van der Waals surface area contributed by atoms with Crippen molar-refractivity contribution < 1.29 is 4.79 Å². The lowest BCUT2D eigenvalue weighted by Gasteiger charge is -2.45. The number of nitrogens with zero attached hydrogens (tertiary/aromatic N) is 1. The van der Waals surface area contributed by atoms with Crippen LogP contribution in [-0.2, 0) is 4.79 Å². The molecule has 1 unspecified atom stereocenters. The molecule has 1 aliphatic heterocycles. The van der Waals surface area contributed by atoms with E-state index in [1.807, 2.05) is 0 Å². The zero-order valence-corrected chi connectivity index (χ0v) is 12.0. The highest BCUT2D eigenvalue weighted by Crippen LogP contribution is 2.28. The maximum atomic E-state index is 12.5. The van der Waals surface area contributed by atoms with Crippen molar-refractivity contribution in [3.63, 3.8) is 0 Å². The van der Waals surface area contributed by atoms with E-state index in [1.54, 1.807) is 0 Å². The first-order chi connectivity index (χ1) is 7.94. The van der Waals surface area contributed by atoms with Gasteiger partial charge in [-0.25, -0.2) is 0 Å². The van der Waals surface area contributed by atoms with Gasteiger partial charge in [0.05, 0.1) is 6.04 Å². The maximum absolute atomic E-state index is 12.5. The van der Waals surface area contributed by atoms with E-state index in [2.05, 4.69) is 44.8 Å². The second-order valence-electron chi connectivity index (χ2n) is 5.71. The fourth-order valence-corrected chi connectivity index (χ4v) is 2.60. The van der Waals surface area contributed by atoms with Crippen LogP contribution in [0.5, 0.6) is 0 Å². The summed E-state index contributed by atoms with van der Waals surface area (Å²) in [6.07, 6.45) is 4.16. The molecule has 0 aliphatic carbocycles. The highest BCUT2D eigenvalue weighted by molar-refractivity contribution is 5.83. The summed E-state index contributed by atoms with van der Waals surface area (Å²) in [4.78, 5) is 14.6. The van der Waals surface area contributed by atoms with E-state index in [9.17, 15) is 4.79 Å². The quantitative estimate of drug-likeness (QED) is 0.801. The predicted molar refractivity (Wildman–Crippen MR) is 72.0 cm³/mol. The largest absolute Gasteiger partial charge is 0.336 e. The number of amides is 1. The Morgan fingerprint density at radius 2 is 2.00 bits per heavy atom. The molecule has 0 radical (unpaired) electrons. The lowest BCUT2D eigenvalue weighted by molar-refractivity contribution is -0.143. The van der Waals surface area contributed by atoms with Crippen molar-refractivity contribution in [3.05, 3.63) is 0 Å². The number of carbonyl (C=O) groups is 1. The minimum atomic E-state index is 0.0289. The topological polar surface area (TPSA) is 32.3 Å². The Balaban J connectivity index is 2.77. The first-order valence-electron chi connectivity index (χ1n) is 7.02. The normalized spacial score (nSPS) is 22.4. The highest BCUT2D eigenvalue weighted by Gasteiger charge is 2.38. The number of rotatable bonds is 5. The molecule has 1 amide bonds. The van der Waals surface area contributed by atoms with E-state index in [4.69, 9.17) is 0 Å². The van der Waals surface area contributed by atoms with Crippen LogP contribution < -0.4 is 5.32 Å². The molecule has 0 aromatic rings. The lowest BCUT2D eigenvalue weighted by atomic mass is 9.89. The molecular weight excluding hydrogens is 212 g/mol. The molecule has 1 N–H and O–H groups in total. The Morgan fingerprint density at radius 3 is 2.47 bits per heavy atom. The molecule has 0 spiro atoms. The monoisotopic (exact) mass is 240 g/mol. The van der Waals surface area contributed by atoms with Crippen LogP contribution in [0.1, 0.15) is 60.3 Å². The summed E-state index contributed by atoms with van der Waals surface area (Å²) >= 11 is 0. The van der Waals surface area contributed by atoms with Crippen LogP contribution in [-0.4, -0.2) is 35.0 Å². The van der Waals surface area contributed by atoms with Gasteiger partial charge in [0.15, 0.2) is 0 Å². The Labute approximate surface area is 106 Å². The molecule has 1 aliphatic rings. The summed E-state index contributed by atoms with van der Waals surface area (Å²) in [6.45, 7) is 11.7. The summed E-state index contributed by atoms with van der Waals surface area (Å²) in [7, 11) is 0. The Kier molecular flexibility index (Phi) is 4.99. The van der Waals surface area contributed by atoms with Crippen LogP contribution in [0.15, 0.2) is 0 Å². The van der Waals surface area contributed by atoms with Gasteiger partial charge >= 0.3 is 0 Å². The van der Waals surface area contributed by atoms with Gasteiger partial charge in [0.2, 0.25) is 5.91 Å². The van der Waals surface area contributed by atoms with Crippen LogP contribution in [0, 0.1) is 0 Å². The van der Waals surface area contributed by atoms with Crippen LogP contribution in [0.4, 0.5) is 0 Å². The van der Waals surface area contributed by atoms with Crippen molar-refractivity contribution >= 4 is 5.91 Å². The summed E-state index contributed by atoms with van der Waals surface area (Å²) in [5.41, 5.74) is 0.0361. The SMILES string of the molecule is CCC(C)(CC)N1CCCC(NC(C)C)C1=O. The second kappa shape index (κ2) is 5.85. The molecule has 1 atom stereocenters. The smallest absolute Gasteiger partial charge is 0.240 e. The second-order valence-corrected chi connectivity index (χ2v) is 5.71. The van der Waals surface area contributed by atoms with E-state index in [1.165, 1.54) is 0 Å². The van der Waals surface area contributed by atoms with Crippen LogP contribution in [0.25, 0.3) is 0 Å². The standard InChI is InChI=1S/C14H28N2O/c1-6-14(5,7-2)16-10-8-9-12(13(16)17)15-11(3)4/h11-12,15H,6-10H2,1-5H3. The number of carbonyl (C=O) groups excluding carboxylic acids is 1. The first kappa shape index (κ1) is 14.5. The lowest BCUT2D eigenvalue weighted by Crippen LogP contribution is -2.59. The third-order valence-corrected chi connectivity index (χ3v) is 4.15. The van der Waals surface area contributed by atoms with Gasteiger partial charge in [-0.05, 0) is 32.6 Å². The van der Waals surface area contributed by atoms with Gasteiger partial charge in [-0.1, -0.05) is 27.7 Å². The molecule has 1 heterocycles. The number of nitrogens with one attached hydrogen (secondary N) is 1. The van der Waals surface area contributed by atoms with Crippen LogP contribution in [0.3, 0.4) is 0 Å². The summed E-state index contributed by atoms with van der Waals surface area (Å²) in [5.74, 6) is 0.302. The summed E-state index contributed by atoms with van der Waals surface area (Å²) < 4.78 is 0. The minimum absolute atomic E-state index is 0.0289. The molecule has 17 heavy (non-hydrogen) atoms. The molecule has 3 nitrogen and oxygen atoms in total. The zero-order chi connectivity index (χ0) is 13.1. The van der Waals surface area contributed by atoms with Gasteiger partial charge in [-0.2, -0.15) is 0 Å². The molecule has 1 rings (SSSR count). The van der Waals surface area contributed by atoms with Crippen molar-refractivity contribution in [1.29, 1.82) is 0 Å². The Morgan fingerprint density at radius 1 is 1.41 bits per heavy atom. The third-order valence-electron chi connectivity index (χ3n) is 4.15. The molecule has 1 fully saturated rings. The number of likely N-dealkylation sites (tertiary alicyclic amines) is 1. The average Bonchev–Trinajstić information content (AvgIpc) is 2.30.